The van der Waals surface area contributed by atoms with Crippen molar-refractivity contribution in [2.75, 3.05) is 51.6 Å². The molecular weight excluding hydrogens is 414 g/mol. The zero-order chi connectivity index (χ0) is 22.4. The molecule has 0 atom stereocenters. The number of carbonyl (C=O) groups is 1. The van der Waals surface area contributed by atoms with E-state index in [1.54, 1.807) is 17.0 Å². The van der Waals surface area contributed by atoms with Crippen LogP contribution < -0.4 is 5.32 Å². The molecule has 8 nitrogen and oxygen atoms in total. The minimum absolute atomic E-state index is 0.0309. The predicted molar refractivity (Wildman–Crippen MR) is 122 cm³/mol. The fraction of sp³-hybridized carbons (Fsp3) is 0.455. The number of carbonyl (C=O) groups excluding carboxylic acids is 1. The lowest BCUT2D eigenvalue weighted by molar-refractivity contribution is 0.0773. The fourth-order valence-electron chi connectivity index (χ4n) is 3.47. The summed E-state index contributed by atoms with van der Waals surface area (Å²) in [4.78, 5) is 20.8. The normalized spacial score (nSPS) is 15.6. The molecular formula is C22H31N5O3S. The average molecular weight is 446 g/mol. The van der Waals surface area contributed by atoms with Crippen molar-refractivity contribution >= 4 is 21.7 Å². The maximum absolute atomic E-state index is 12.8. The number of nitrogens with zero attached hydrogens (tertiary/aromatic N) is 4. The van der Waals surface area contributed by atoms with Crippen LogP contribution in [0.1, 0.15) is 29.8 Å². The van der Waals surface area contributed by atoms with Gasteiger partial charge >= 0.3 is 0 Å². The van der Waals surface area contributed by atoms with Gasteiger partial charge in [-0.15, -0.1) is 0 Å². The molecule has 31 heavy (non-hydrogen) atoms. The van der Waals surface area contributed by atoms with Crippen LogP contribution in [0, 0.1) is 0 Å². The van der Waals surface area contributed by atoms with Crippen LogP contribution in [0.2, 0.25) is 0 Å². The number of rotatable bonds is 8. The van der Waals surface area contributed by atoms with Crippen LogP contribution in [0.25, 0.3) is 0 Å². The van der Waals surface area contributed by atoms with Gasteiger partial charge in [0.05, 0.1) is 0 Å². The summed E-state index contributed by atoms with van der Waals surface area (Å²) in [6.45, 7) is 8.27. The smallest absolute Gasteiger partial charge is 0.253 e. The van der Waals surface area contributed by atoms with Crippen molar-refractivity contribution in [1.29, 1.82) is 0 Å². The molecule has 1 aromatic heterocycles. The summed E-state index contributed by atoms with van der Waals surface area (Å²) in [6, 6.07) is 10.8. The second-order valence-electron chi connectivity index (χ2n) is 7.61. The van der Waals surface area contributed by atoms with Crippen molar-refractivity contribution in [3.63, 3.8) is 0 Å². The maximum atomic E-state index is 12.8. The Morgan fingerprint density at radius 3 is 2.23 bits per heavy atom. The zero-order valence-electron chi connectivity index (χ0n) is 18.4. The van der Waals surface area contributed by atoms with Crippen LogP contribution in [-0.4, -0.2) is 79.7 Å². The van der Waals surface area contributed by atoms with Gasteiger partial charge in [0.25, 0.3) is 5.91 Å². The van der Waals surface area contributed by atoms with Gasteiger partial charge in [0.15, 0.2) is 0 Å². The van der Waals surface area contributed by atoms with E-state index in [9.17, 15) is 13.2 Å². The summed E-state index contributed by atoms with van der Waals surface area (Å²) in [5.74, 6) is 0.629. The van der Waals surface area contributed by atoms with E-state index >= 15 is 0 Å². The van der Waals surface area contributed by atoms with Gasteiger partial charge in [-0.2, -0.15) is 4.31 Å². The van der Waals surface area contributed by atoms with Gasteiger partial charge in [0, 0.05) is 57.6 Å². The van der Waals surface area contributed by atoms with E-state index in [4.69, 9.17) is 0 Å². The third kappa shape index (κ3) is 5.61. The number of benzene rings is 1. The molecule has 1 amide bonds. The summed E-state index contributed by atoms with van der Waals surface area (Å²) in [5, 5.41) is 3.20. The lowest BCUT2D eigenvalue weighted by atomic mass is 10.1. The van der Waals surface area contributed by atoms with Crippen molar-refractivity contribution in [3.8, 4) is 0 Å². The molecule has 1 N–H and O–H groups in total. The molecule has 3 rings (SSSR count). The second-order valence-corrected chi connectivity index (χ2v) is 9.55. The minimum Gasteiger partial charge on any atom is -0.366 e. The number of hydrogen-bond acceptors (Lipinski definition) is 6. The van der Waals surface area contributed by atoms with Crippen LogP contribution in [-0.2, 0) is 16.6 Å². The van der Waals surface area contributed by atoms with E-state index in [2.05, 4.69) is 15.2 Å². The summed E-state index contributed by atoms with van der Waals surface area (Å²) in [5.41, 5.74) is 1.68. The van der Waals surface area contributed by atoms with Gasteiger partial charge in [0.1, 0.15) is 10.7 Å². The molecule has 1 fully saturated rings. The lowest BCUT2D eigenvalue weighted by Crippen LogP contribution is -2.47. The van der Waals surface area contributed by atoms with Crippen molar-refractivity contribution < 1.29 is 13.2 Å². The number of likely N-dealkylation sites (N-methyl/N-ethyl adjacent to an activating group) is 1. The van der Waals surface area contributed by atoms with Crippen molar-refractivity contribution in [1.82, 2.24) is 19.1 Å². The quantitative estimate of drug-likeness (QED) is 0.670. The SMILES string of the molecule is CCN(CC)C(=O)c1ccc(CNc2ccc(S(=O)(=O)N3CCN(C)CC3)cn2)cc1. The molecule has 0 saturated carbocycles. The van der Waals surface area contributed by atoms with E-state index in [1.165, 1.54) is 10.5 Å². The third-order valence-electron chi connectivity index (χ3n) is 5.56. The number of sulfonamides is 1. The predicted octanol–water partition coefficient (Wildman–Crippen LogP) is 2.11. The van der Waals surface area contributed by atoms with Crippen LogP contribution in [0.5, 0.6) is 0 Å². The highest BCUT2D eigenvalue weighted by molar-refractivity contribution is 7.89. The second kappa shape index (κ2) is 10.2. The van der Waals surface area contributed by atoms with E-state index < -0.39 is 10.0 Å². The number of amides is 1. The third-order valence-corrected chi connectivity index (χ3v) is 7.44. The van der Waals surface area contributed by atoms with Crippen LogP contribution in [0.15, 0.2) is 47.5 Å². The molecule has 1 aliphatic heterocycles. The Labute approximate surface area is 184 Å². The highest BCUT2D eigenvalue weighted by Gasteiger charge is 2.27. The number of hydrogen-bond donors (Lipinski definition) is 1. The largest absolute Gasteiger partial charge is 0.366 e. The van der Waals surface area contributed by atoms with E-state index in [0.29, 0.717) is 44.1 Å². The zero-order valence-corrected chi connectivity index (χ0v) is 19.2. The first-order chi connectivity index (χ1) is 14.8. The van der Waals surface area contributed by atoms with Gasteiger partial charge in [-0.3, -0.25) is 4.79 Å². The first-order valence-corrected chi connectivity index (χ1v) is 12.1. The monoisotopic (exact) mass is 445 g/mol. The molecule has 0 bridgehead atoms. The van der Waals surface area contributed by atoms with Gasteiger partial charge in [-0.05, 0) is 50.7 Å². The molecule has 0 radical (unpaired) electrons. The van der Waals surface area contributed by atoms with E-state index in [-0.39, 0.29) is 10.8 Å². The highest BCUT2D eigenvalue weighted by atomic mass is 32.2. The number of nitrogens with one attached hydrogen (secondary N) is 1. The van der Waals surface area contributed by atoms with E-state index in [1.807, 2.05) is 45.2 Å². The van der Waals surface area contributed by atoms with Crippen LogP contribution >= 0.6 is 0 Å². The minimum atomic E-state index is -3.51. The summed E-state index contributed by atoms with van der Waals surface area (Å²) < 4.78 is 27.1. The Bertz CT molecular complexity index is 965. The molecule has 0 unspecified atom stereocenters. The summed E-state index contributed by atoms with van der Waals surface area (Å²) in [6.07, 6.45) is 1.40. The van der Waals surface area contributed by atoms with Gasteiger partial charge in [-0.1, -0.05) is 12.1 Å². The molecule has 0 aliphatic carbocycles. The van der Waals surface area contributed by atoms with Crippen molar-refractivity contribution in [2.45, 2.75) is 25.3 Å². The topological polar surface area (TPSA) is 85.8 Å². The van der Waals surface area contributed by atoms with Crippen LogP contribution in [0.4, 0.5) is 5.82 Å². The average Bonchev–Trinajstić information content (AvgIpc) is 2.79. The molecule has 1 aromatic carbocycles. The van der Waals surface area contributed by atoms with Gasteiger partial charge in [-0.25, -0.2) is 13.4 Å². The fourth-order valence-corrected chi connectivity index (χ4v) is 4.83. The Balaban J connectivity index is 1.58. The lowest BCUT2D eigenvalue weighted by Gasteiger charge is -2.31. The Kier molecular flexibility index (Phi) is 7.64. The number of aromatic nitrogens is 1. The number of pyridine rings is 1. The van der Waals surface area contributed by atoms with Gasteiger partial charge in [0.2, 0.25) is 10.0 Å². The first kappa shape index (κ1) is 23.2. The molecule has 2 aromatic rings. The first-order valence-electron chi connectivity index (χ1n) is 10.6. The molecule has 1 saturated heterocycles. The molecule has 168 valence electrons. The Morgan fingerprint density at radius 1 is 1.03 bits per heavy atom. The standard InChI is InChI=1S/C22H31N5O3S/c1-4-26(5-2)22(28)19-8-6-18(7-9-19)16-23-21-11-10-20(17-24-21)31(29,30)27-14-12-25(3)13-15-27/h6-11,17H,4-5,12-16H2,1-3H3,(H,23,24). The Hall–Kier alpha value is -2.49. The summed E-state index contributed by atoms with van der Waals surface area (Å²) in [7, 11) is -1.52. The number of anilines is 1. The van der Waals surface area contributed by atoms with Crippen molar-refractivity contribution in [3.05, 3.63) is 53.7 Å². The summed E-state index contributed by atoms with van der Waals surface area (Å²) >= 11 is 0. The molecule has 2 heterocycles. The molecule has 0 spiro atoms. The van der Waals surface area contributed by atoms with Crippen LogP contribution in [0.3, 0.4) is 0 Å². The van der Waals surface area contributed by atoms with Crippen molar-refractivity contribution in [2.24, 2.45) is 0 Å². The molecule has 9 heteroatoms. The number of piperazine rings is 1. The van der Waals surface area contributed by atoms with Gasteiger partial charge < -0.3 is 15.1 Å². The highest BCUT2D eigenvalue weighted by Crippen LogP contribution is 2.18. The maximum Gasteiger partial charge on any atom is 0.253 e. The molecule has 1 aliphatic rings. The van der Waals surface area contributed by atoms with E-state index in [0.717, 1.165) is 18.7 Å². The Morgan fingerprint density at radius 2 is 1.68 bits per heavy atom.